The van der Waals surface area contributed by atoms with Crippen molar-refractivity contribution in [2.75, 3.05) is 14.2 Å². The zero-order valence-electron chi connectivity index (χ0n) is 9.17. The summed E-state index contributed by atoms with van der Waals surface area (Å²) in [5.74, 6) is -0.416. The molecule has 0 aliphatic rings. The highest BCUT2D eigenvalue weighted by Gasteiger charge is 2.22. The van der Waals surface area contributed by atoms with Crippen molar-refractivity contribution in [1.29, 1.82) is 0 Å². The van der Waals surface area contributed by atoms with E-state index in [4.69, 9.17) is 4.74 Å². The van der Waals surface area contributed by atoms with Gasteiger partial charge in [-0.3, -0.25) is 4.79 Å². The van der Waals surface area contributed by atoms with Crippen molar-refractivity contribution < 1.29 is 23.0 Å². The van der Waals surface area contributed by atoms with E-state index in [-0.39, 0.29) is 23.3 Å². The Morgan fingerprint density at radius 2 is 2.18 bits per heavy atom. The summed E-state index contributed by atoms with van der Waals surface area (Å²) in [4.78, 5) is 15.0. The number of methoxy groups -OCH3 is 2. The second-order valence-corrected chi connectivity index (χ2v) is 4.09. The first-order valence-electron chi connectivity index (χ1n) is 4.57. The summed E-state index contributed by atoms with van der Waals surface area (Å²) >= 11 is 1.85. The molecule has 1 heterocycles. The third-order valence-corrected chi connectivity index (χ3v) is 2.88. The van der Waals surface area contributed by atoms with Crippen molar-refractivity contribution in [3.63, 3.8) is 0 Å². The van der Waals surface area contributed by atoms with Crippen molar-refractivity contribution in [1.82, 2.24) is 4.98 Å². The van der Waals surface area contributed by atoms with Crippen molar-refractivity contribution in [3.8, 4) is 5.75 Å². The van der Waals surface area contributed by atoms with Crippen LogP contribution in [-0.4, -0.2) is 25.2 Å². The number of rotatable bonds is 4. The molecule has 7 heteroatoms. The Kier molecular flexibility index (Phi) is 5.03. The van der Waals surface area contributed by atoms with Gasteiger partial charge in [0.15, 0.2) is 5.75 Å². The molecule has 1 aromatic heterocycles. The molecule has 1 aromatic rings. The summed E-state index contributed by atoms with van der Waals surface area (Å²) in [5, 5.41) is 0. The molecule has 0 N–H and O–H groups in total. The van der Waals surface area contributed by atoms with Crippen molar-refractivity contribution >= 4 is 28.6 Å². The number of hydrogen-bond donors (Lipinski definition) is 0. The van der Waals surface area contributed by atoms with Crippen LogP contribution in [0.2, 0.25) is 0 Å². The highest BCUT2D eigenvalue weighted by Crippen LogP contribution is 2.32. The molecule has 94 valence electrons. The van der Waals surface area contributed by atoms with E-state index in [0.29, 0.717) is 3.70 Å². The van der Waals surface area contributed by atoms with Crippen LogP contribution in [0.3, 0.4) is 0 Å². The quantitative estimate of drug-likeness (QED) is 0.472. The highest BCUT2D eigenvalue weighted by atomic mass is 127. The van der Waals surface area contributed by atoms with E-state index in [2.05, 4.69) is 9.72 Å². The molecule has 0 atom stereocenters. The molecular weight excluding hydrogens is 347 g/mol. The number of pyridine rings is 1. The second-order valence-electron chi connectivity index (χ2n) is 3.07. The molecule has 17 heavy (non-hydrogen) atoms. The van der Waals surface area contributed by atoms with E-state index in [1.165, 1.54) is 14.2 Å². The summed E-state index contributed by atoms with van der Waals surface area (Å²) in [6.07, 6.45) is -1.93. The topological polar surface area (TPSA) is 48.4 Å². The Morgan fingerprint density at radius 3 is 2.65 bits per heavy atom. The first kappa shape index (κ1) is 14.1. The van der Waals surface area contributed by atoms with Gasteiger partial charge in [-0.2, -0.15) is 0 Å². The molecule has 0 aliphatic heterocycles. The molecule has 1 rings (SSSR count). The predicted molar refractivity (Wildman–Crippen MR) is 64.2 cm³/mol. The Morgan fingerprint density at radius 1 is 1.53 bits per heavy atom. The zero-order valence-corrected chi connectivity index (χ0v) is 11.3. The Balaban J connectivity index is 3.28. The van der Waals surface area contributed by atoms with Gasteiger partial charge in [-0.25, -0.2) is 13.8 Å². The van der Waals surface area contributed by atoms with Gasteiger partial charge in [-0.15, -0.1) is 0 Å². The normalized spacial score (nSPS) is 10.5. The summed E-state index contributed by atoms with van der Waals surface area (Å²) in [6.45, 7) is 0. The van der Waals surface area contributed by atoms with Crippen molar-refractivity contribution in [3.05, 3.63) is 21.0 Å². The molecule has 0 saturated carbocycles. The van der Waals surface area contributed by atoms with Crippen molar-refractivity contribution in [2.45, 2.75) is 12.8 Å². The molecule has 0 aromatic carbocycles. The lowest BCUT2D eigenvalue weighted by atomic mass is 10.1. The standard InChI is InChI=1S/C10H10F2INO3/c1-16-7(15)3-5-6(9(11)12)4-14-10(13)8(5)17-2/h4,9H,3H2,1-2H3. The lowest BCUT2D eigenvalue weighted by molar-refractivity contribution is -0.139. The number of halogens is 3. The fourth-order valence-corrected chi connectivity index (χ4v) is 2.00. The maximum atomic E-state index is 12.8. The van der Waals surface area contributed by atoms with Crippen LogP contribution >= 0.6 is 22.6 Å². The predicted octanol–water partition coefficient (Wildman–Crippen LogP) is 2.35. The smallest absolute Gasteiger partial charge is 0.310 e. The summed E-state index contributed by atoms with van der Waals surface area (Å²) in [5.41, 5.74) is -0.193. The molecule has 0 aliphatic carbocycles. The fraction of sp³-hybridized carbons (Fsp3) is 0.400. The minimum atomic E-state index is -2.71. The molecule has 0 unspecified atom stereocenters. The third kappa shape index (κ3) is 3.24. The number of carbonyl (C=O) groups excluding carboxylic acids is 1. The maximum Gasteiger partial charge on any atom is 0.310 e. The number of esters is 1. The number of ether oxygens (including phenoxy) is 2. The minimum Gasteiger partial charge on any atom is -0.494 e. The van der Waals surface area contributed by atoms with E-state index >= 15 is 0 Å². The van der Waals surface area contributed by atoms with Gasteiger partial charge in [-0.1, -0.05) is 0 Å². The number of aromatic nitrogens is 1. The number of nitrogens with zero attached hydrogens (tertiary/aromatic N) is 1. The summed E-state index contributed by atoms with van der Waals surface area (Å²) in [7, 11) is 2.54. The van der Waals surface area contributed by atoms with Crippen molar-refractivity contribution in [2.24, 2.45) is 0 Å². The van der Waals surface area contributed by atoms with Gasteiger partial charge in [0.05, 0.1) is 20.6 Å². The zero-order chi connectivity index (χ0) is 13.0. The summed E-state index contributed by atoms with van der Waals surface area (Å²) < 4.78 is 35.5. The van der Waals surface area contributed by atoms with Gasteiger partial charge < -0.3 is 9.47 Å². The first-order valence-corrected chi connectivity index (χ1v) is 5.65. The monoisotopic (exact) mass is 357 g/mol. The average molecular weight is 357 g/mol. The van der Waals surface area contributed by atoms with Gasteiger partial charge in [0.25, 0.3) is 6.43 Å². The average Bonchev–Trinajstić information content (AvgIpc) is 2.28. The largest absolute Gasteiger partial charge is 0.494 e. The molecule has 4 nitrogen and oxygen atoms in total. The number of alkyl halides is 2. The lowest BCUT2D eigenvalue weighted by Crippen LogP contribution is -2.10. The van der Waals surface area contributed by atoms with E-state index in [0.717, 1.165) is 6.20 Å². The highest BCUT2D eigenvalue weighted by molar-refractivity contribution is 14.1. The van der Waals surface area contributed by atoms with Gasteiger partial charge >= 0.3 is 5.97 Å². The van der Waals surface area contributed by atoms with Crippen LogP contribution in [0.4, 0.5) is 8.78 Å². The lowest BCUT2D eigenvalue weighted by Gasteiger charge is -2.13. The SMILES string of the molecule is COC(=O)Cc1c(C(F)F)cnc(I)c1OC. The van der Waals surface area contributed by atoms with Gasteiger partial charge in [-0.05, 0) is 22.6 Å². The van der Waals surface area contributed by atoms with Crippen LogP contribution < -0.4 is 4.74 Å². The third-order valence-electron chi connectivity index (χ3n) is 2.11. The van der Waals surface area contributed by atoms with Crippen LogP contribution in [0, 0.1) is 3.70 Å². The maximum absolute atomic E-state index is 12.8. The van der Waals surface area contributed by atoms with Crippen LogP contribution in [0.5, 0.6) is 5.75 Å². The van der Waals surface area contributed by atoms with Gasteiger partial charge in [0, 0.05) is 17.3 Å². The Bertz CT molecular complexity index is 426. The van der Waals surface area contributed by atoms with Crippen LogP contribution in [0.25, 0.3) is 0 Å². The van der Waals surface area contributed by atoms with E-state index in [1.807, 2.05) is 22.6 Å². The second kappa shape index (κ2) is 6.08. The fourth-order valence-electron chi connectivity index (χ4n) is 1.31. The van der Waals surface area contributed by atoms with E-state index in [1.54, 1.807) is 0 Å². The molecule has 0 spiro atoms. The Hall–Kier alpha value is -0.990. The van der Waals surface area contributed by atoms with E-state index < -0.39 is 12.4 Å². The number of carbonyl (C=O) groups is 1. The first-order chi connectivity index (χ1) is 8.01. The molecule has 0 bridgehead atoms. The minimum absolute atomic E-state index is 0.119. The van der Waals surface area contributed by atoms with Crippen LogP contribution in [0.1, 0.15) is 17.6 Å². The Labute approximate surface area is 110 Å². The molecular formula is C10H10F2INO3. The van der Waals surface area contributed by atoms with Crippen LogP contribution in [-0.2, 0) is 16.0 Å². The molecule has 0 radical (unpaired) electrons. The molecule has 0 saturated heterocycles. The molecule has 0 fully saturated rings. The van der Waals surface area contributed by atoms with E-state index in [9.17, 15) is 13.6 Å². The van der Waals surface area contributed by atoms with Gasteiger partial charge in [0.2, 0.25) is 0 Å². The number of hydrogen-bond acceptors (Lipinski definition) is 4. The molecule has 0 amide bonds. The summed E-state index contributed by atoms with van der Waals surface area (Å²) in [6, 6.07) is 0. The van der Waals surface area contributed by atoms with Gasteiger partial charge in [0.1, 0.15) is 3.70 Å². The van der Waals surface area contributed by atoms with Crippen LogP contribution in [0.15, 0.2) is 6.20 Å².